The van der Waals surface area contributed by atoms with Gasteiger partial charge in [-0.05, 0) is 38.5 Å². The van der Waals surface area contributed by atoms with Crippen molar-refractivity contribution >= 4 is 16.9 Å². The van der Waals surface area contributed by atoms with E-state index < -0.39 is 0 Å². The maximum Gasteiger partial charge on any atom is 0.240 e. The largest absolute Gasteiger partial charge is 0.354 e. The van der Waals surface area contributed by atoms with Crippen LogP contribution >= 0.6 is 0 Å². The number of imidazole rings is 1. The first-order valence-corrected chi connectivity index (χ1v) is 8.80. The summed E-state index contributed by atoms with van der Waals surface area (Å²) in [6.07, 6.45) is 1.67. The fraction of sp³-hybridized carbons (Fsp3) is 0.421. The molecule has 1 aromatic carbocycles. The lowest BCUT2D eigenvalue weighted by Crippen LogP contribution is -2.29. The van der Waals surface area contributed by atoms with Gasteiger partial charge in [-0.25, -0.2) is 4.98 Å². The van der Waals surface area contributed by atoms with Gasteiger partial charge in [0.05, 0.1) is 16.7 Å². The van der Waals surface area contributed by atoms with Gasteiger partial charge in [-0.2, -0.15) is 5.10 Å². The number of carbonyl (C=O) groups excluding carboxylic acids is 1. The van der Waals surface area contributed by atoms with Crippen molar-refractivity contribution in [3.05, 3.63) is 47.5 Å². The number of nitrogens with zero attached hydrogens (tertiary/aromatic N) is 4. The quantitative estimate of drug-likeness (QED) is 0.673. The minimum Gasteiger partial charge on any atom is -0.354 e. The lowest BCUT2D eigenvalue weighted by Gasteiger charge is -2.10. The van der Waals surface area contributed by atoms with Crippen molar-refractivity contribution in [3.63, 3.8) is 0 Å². The van der Waals surface area contributed by atoms with Gasteiger partial charge in [0.25, 0.3) is 0 Å². The first kappa shape index (κ1) is 17.2. The molecule has 1 amide bonds. The molecule has 6 nitrogen and oxygen atoms in total. The van der Waals surface area contributed by atoms with Crippen LogP contribution in [0.15, 0.2) is 30.3 Å². The second-order valence-corrected chi connectivity index (χ2v) is 6.31. The van der Waals surface area contributed by atoms with E-state index >= 15 is 0 Å². The fourth-order valence-corrected chi connectivity index (χ4v) is 3.13. The molecule has 3 rings (SSSR count). The lowest BCUT2D eigenvalue weighted by molar-refractivity contribution is -0.121. The summed E-state index contributed by atoms with van der Waals surface area (Å²) in [4.78, 5) is 16.9. The van der Waals surface area contributed by atoms with Crippen LogP contribution in [0.2, 0.25) is 0 Å². The molecule has 0 aliphatic heterocycles. The topological polar surface area (TPSA) is 64.7 Å². The highest BCUT2D eigenvalue weighted by Gasteiger charge is 2.12. The van der Waals surface area contributed by atoms with Gasteiger partial charge in [-0.15, -0.1) is 0 Å². The molecule has 0 saturated carbocycles. The molecule has 3 aromatic rings. The SMILES string of the molecule is CCc1nc2ccccc2n1CC(=O)NCCCn1nc(C)cc1C. The molecule has 2 aromatic heterocycles. The molecule has 6 heteroatoms. The normalized spacial score (nSPS) is 11.2. The lowest BCUT2D eigenvalue weighted by atomic mass is 10.3. The van der Waals surface area contributed by atoms with Crippen LogP contribution < -0.4 is 5.32 Å². The number of aromatic nitrogens is 4. The smallest absolute Gasteiger partial charge is 0.240 e. The zero-order valence-electron chi connectivity index (χ0n) is 15.1. The molecule has 0 aliphatic carbocycles. The zero-order chi connectivity index (χ0) is 17.8. The van der Waals surface area contributed by atoms with Gasteiger partial charge in [0, 0.05) is 25.2 Å². The van der Waals surface area contributed by atoms with E-state index in [1.54, 1.807) is 0 Å². The molecular formula is C19H25N5O. The maximum absolute atomic E-state index is 12.3. The zero-order valence-corrected chi connectivity index (χ0v) is 15.1. The van der Waals surface area contributed by atoms with E-state index in [0.717, 1.165) is 47.6 Å². The Kier molecular flexibility index (Phi) is 5.16. The van der Waals surface area contributed by atoms with Crippen molar-refractivity contribution in [2.45, 2.75) is 46.7 Å². The second kappa shape index (κ2) is 7.51. The number of fused-ring (bicyclic) bond motifs is 1. The van der Waals surface area contributed by atoms with Crippen LogP contribution in [0, 0.1) is 13.8 Å². The Balaban J connectivity index is 1.55. The summed E-state index contributed by atoms with van der Waals surface area (Å²) < 4.78 is 3.99. The van der Waals surface area contributed by atoms with Gasteiger partial charge in [0.2, 0.25) is 5.91 Å². The highest BCUT2D eigenvalue weighted by atomic mass is 16.1. The van der Waals surface area contributed by atoms with Crippen LogP contribution in [0.3, 0.4) is 0 Å². The van der Waals surface area contributed by atoms with Gasteiger partial charge >= 0.3 is 0 Å². The number of rotatable bonds is 7. The molecule has 0 bridgehead atoms. The van der Waals surface area contributed by atoms with Gasteiger partial charge in [0.1, 0.15) is 12.4 Å². The summed E-state index contributed by atoms with van der Waals surface area (Å²) in [6, 6.07) is 10.0. The Labute approximate surface area is 147 Å². The van der Waals surface area contributed by atoms with Crippen LogP contribution in [0.5, 0.6) is 0 Å². The summed E-state index contributed by atoms with van der Waals surface area (Å²) in [5.41, 5.74) is 4.13. The molecule has 0 fully saturated rings. The minimum atomic E-state index is 0.0196. The first-order valence-electron chi connectivity index (χ1n) is 8.80. The Hall–Kier alpha value is -2.63. The number of carbonyl (C=O) groups is 1. The minimum absolute atomic E-state index is 0.0196. The van der Waals surface area contributed by atoms with Gasteiger partial charge in [0.15, 0.2) is 0 Å². The number of hydrogen-bond acceptors (Lipinski definition) is 3. The number of benzene rings is 1. The predicted molar refractivity (Wildman–Crippen MR) is 98.4 cm³/mol. The Morgan fingerprint density at radius 2 is 2.04 bits per heavy atom. The molecule has 0 spiro atoms. The van der Waals surface area contributed by atoms with E-state index in [4.69, 9.17) is 0 Å². The third-order valence-corrected chi connectivity index (χ3v) is 4.32. The molecule has 0 aliphatic rings. The van der Waals surface area contributed by atoms with Crippen molar-refractivity contribution in [1.82, 2.24) is 24.6 Å². The molecule has 2 heterocycles. The summed E-state index contributed by atoms with van der Waals surface area (Å²) in [7, 11) is 0. The van der Waals surface area contributed by atoms with Gasteiger partial charge in [-0.3, -0.25) is 9.48 Å². The summed E-state index contributed by atoms with van der Waals surface area (Å²) in [5.74, 6) is 0.963. The number of para-hydroxylation sites is 2. The Bertz CT molecular complexity index is 877. The van der Waals surface area contributed by atoms with Crippen LogP contribution in [0.25, 0.3) is 11.0 Å². The summed E-state index contributed by atoms with van der Waals surface area (Å²) >= 11 is 0. The van der Waals surface area contributed by atoms with E-state index in [-0.39, 0.29) is 5.91 Å². The van der Waals surface area contributed by atoms with E-state index in [1.165, 1.54) is 0 Å². The van der Waals surface area contributed by atoms with Crippen molar-refractivity contribution < 1.29 is 4.79 Å². The number of hydrogen-bond donors (Lipinski definition) is 1. The van der Waals surface area contributed by atoms with E-state index in [1.807, 2.05) is 40.4 Å². The van der Waals surface area contributed by atoms with E-state index in [0.29, 0.717) is 13.1 Å². The monoisotopic (exact) mass is 339 g/mol. The number of aryl methyl sites for hydroxylation is 4. The summed E-state index contributed by atoms with van der Waals surface area (Å²) in [5, 5.41) is 7.44. The van der Waals surface area contributed by atoms with Crippen molar-refractivity contribution in [1.29, 1.82) is 0 Å². The average Bonchev–Trinajstić information content (AvgIpc) is 3.11. The van der Waals surface area contributed by atoms with Crippen molar-refractivity contribution in [3.8, 4) is 0 Å². The molecule has 25 heavy (non-hydrogen) atoms. The molecule has 132 valence electrons. The highest BCUT2D eigenvalue weighted by molar-refractivity contribution is 5.81. The van der Waals surface area contributed by atoms with Crippen molar-refractivity contribution in [2.24, 2.45) is 0 Å². The molecule has 0 atom stereocenters. The predicted octanol–water partition coefficient (Wildman–Crippen LogP) is 2.62. The van der Waals surface area contributed by atoms with E-state index in [9.17, 15) is 4.79 Å². The Morgan fingerprint density at radius 1 is 1.24 bits per heavy atom. The molecule has 0 unspecified atom stereocenters. The van der Waals surface area contributed by atoms with Crippen LogP contribution in [0.1, 0.15) is 30.6 Å². The van der Waals surface area contributed by atoms with Gasteiger partial charge in [-0.1, -0.05) is 19.1 Å². The molecule has 0 saturated heterocycles. The third kappa shape index (κ3) is 3.90. The molecule has 1 N–H and O–H groups in total. The Morgan fingerprint density at radius 3 is 2.76 bits per heavy atom. The van der Waals surface area contributed by atoms with Crippen LogP contribution in [0.4, 0.5) is 0 Å². The standard InChI is InChI=1S/C19H25N5O/c1-4-18-21-16-8-5-6-9-17(16)23(18)13-19(25)20-10-7-11-24-15(3)12-14(2)22-24/h5-6,8-9,12H,4,7,10-11,13H2,1-3H3,(H,20,25). The van der Waals surface area contributed by atoms with Crippen LogP contribution in [-0.4, -0.2) is 31.8 Å². The molecular weight excluding hydrogens is 314 g/mol. The van der Waals surface area contributed by atoms with Crippen LogP contribution in [-0.2, 0) is 24.3 Å². The fourth-order valence-electron chi connectivity index (χ4n) is 3.13. The van der Waals surface area contributed by atoms with Gasteiger partial charge < -0.3 is 9.88 Å². The molecule has 0 radical (unpaired) electrons. The maximum atomic E-state index is 12.3. The summed E-state index contributed by atoms with van der Waals surface area (Å²) in [6.45, 7) is 7.87. The highest BCUT2D eigenvalue weighted by Crippen LogP contribution is 2.16. The average molecular weight is 339 g/mol. The first-order chi connectivity index (χ1) is 12.1. The third-order valence-electron chi connectivity index (χ3n) is 4.32. The number of nitrogens with one attached hydrogen (secondary N) is 1. The number of amides is 1. The second-order valence-electron chi connectivity index (χ2n) is 6.31. The van der Waals surface area contributed by atoms with Crippen molar-refractivity contribution in [2.75, 3.05) is 6.54 Å². The van der Waals surface area contributed by atoms with E-state index in [2.05, 4.69) is 35.3 Å².